The SMILES string of the molecule is Cc1cnc2c(Cl)ccc(Cl)c2n1. The minimum absolute atomic E-state index is 0.576. The molecule has 0 N–H and O–H groups in total. The minimum Gasteiger partial charge on any atom is -0.251 e. The smallest absolute Gasteiger partial charge is 0.109 e. The number of halogens is 2. The third-order valence-electron chi connectivity index (χ3n) is 1.72. The van der Waals surface area contributed by atoms with Gasteiger partial charge in [-0.1, -0.05) is 23.2 Å². The lowest BCUT2D eigenvalue weighted by Gasteiger charge is -2.01. The molecule has 0 aliphatic carbocycles. The highest BCUT2D eigenvalue weighted by Crippen LogP contribution is 2.26. The van der Waals surface area contributed by atoms with Gasteiger partial charge in [0.25, 0.3) is 0 Å². The van der Waals surface area contributed by atoms with Gasteiger partial charge in [0.05, 0.1) is 15.7 Å². The van der Waals surface area contributed by atoms with Gasteiger partial charge in [-0.05, 0) is 19.1 Å². The summed E-state index contributed by atoms with van der Waals surface area (Å²) in [6.45, 7) is 1.86. The summed E-state index contributed by atoms with van der Waals surface area (Å²) in [6, 6.07) is 3.44. The highest BCUT2D eigenvalue weighted by molar-refractivity contribution is 6.39. The number of rotatable bonds is 0. The van der Waals surface area contributed by atoms with Crippen molar-refractivity contribution in [3.8, 4) is 0 Å². The van der Waals surface area contributed by atoms with Crippen molar-refractivity contribution >= 4 is 34.2 Å². The average molecular weight is 213 g/mol. The molecule has 0 amide bonds. The van der Waals surface area contributed by atoms with E-state index < -0.39 is 0 Å². The molecule has 0 unspecified atom stereocenters. The van der Waals surface area contributed by atoms with Crippen LogP contribution in [0.3, 0.4) is 0 Å². The molecular formula is C9H6Cl2N2. The van der Waals surface area contributed by atoms with Gasteiger partial charge in [-0.3, -0.25) is 4.98 Å². The van der Waals surface area contributed by atoms with Crippen molar-refractivity contribution in [1.82, 2.24) is 9.97 Å². The van der Waals surface area contributed by atoms with Crippen LogP contribution in [0, 0.1) is 6.92 Å². The third-order valence-corrected chi connectivity index (χ3v) is 2.33. The molecule has 13 heavy (non-hydrogen) atoms. The van der Waals surface area contributed by atoms with E-state index in [2.05, 4.69) is 9.97 Å². The molecule has 0 aliphatic rings. The molecule has 0 spiro atoms. The van der Waals surface area contributed by atoms with Crippen LogP contribution in [0.15, 0.2) is 18.3 Å². The summed E-state index contributed by atoms with van der Waals surface area (Å²) in [5, 5.41) is 1.16. The quantitative estimate of drug-likeness (QED) is 0.671. The van der Waals surface area contributed by atoms with Gasteiger partial charge in [0, 0.05) is 6.20 Å². The Bertz CT molecular complexity index is 468. The maximum absolute atomic E-state index is 5.94. The summed E-state index contributed by atoms with van der Waals surface area (Å²) in [5.41, 5.74) is 2.14. The van der Waals surface area contributed by atoms with E-state index >= 15 is 0 Å². The van der Waals surface area contributed by atoms with Crippen LogP contribution in [0.1, 0.15) is 5.69 Å². The standard InChI is InChI=1S/C9H6Cl2N2/c1-5-4-12-8-6(10)2-3-7(11)9(8)13-5/h2-4H,1H3. The van der Waals surface area contributed by atoms with E-state index in [0.29, 0.717) is 21.1 Å². The van der Waals surface area contributed by atoms with Crippen LogP contribution in [-0.2, 0) is 0 Å². The lowest BCUT2D eigenvalue weighted by molar-refractivity contribution is 1.19. The van der Waals surface area contributed by atoms with Gasteiger partial charge < -0.3 is 0 Å². The predicted molar refractivity (Wildman–Crippen MR) is 54.3 cm³/mol. The summed E-state index contributed by atoms with van der Waals surface area (Å²) in [6.07, 6.45) is 1.67. The summed E-state index contributed by atoms with van der Waals surface area (Å²) in [7, 11) is 0. The van der Waals surface area contributed by atoms with E-state index in [1.807, 2.05) is 6.92 Å². The number of hydrogen-bond donors (Lipinski definition) is 0. The van der Waals surface area contributed by atoms with Crippen molar-refractivity contribution in [3.63, 3.8) is 0 Å². The van der Waals surface area contributed by atoms with Crippen molar-refractivity contribution in [1.29, 1.82) is 0 Å². The number of aromatic nitrogens is 2. The molecule has 4 heteroatoms. The maximum Gasteiger partial charge on any atom is 0.109 e. The Labute approximate surface area is 85.5 Å². The van der Waals surface area contributed by atoms with E-state index in [1.54, 1.807) is 18.3 Å². The first-order chi connectivity index (χ1) is 6.18. The summed E-state index contributed by atoms with van der Waals surface area (Å²) in [5.74, 6) is 0. The lowest BCUT2D eigenvalue weighted by atomic mass is 10.3. The Morgan fingerprint density at radius 3 is 2.38 bits per heavy atom. The summed E-state index contributed by atoms with van der Waals surface area (Å²) < 4.78 is 0. The molecule has 0 fully saturated rings. The van der Waals surface area contributed by atoms with Crippen LogP contribution in [0.4, 0.5) is 0 Å². The molecule has 66 valence electrons. The number of nitrogens with zero attached hydrogens (tertiary/aromatic N) is 2. The molecule has 0 saturated carbocycles. The Kier molecular flexibility index (Phi) is 2.10. The Balaban J connectivity index is 2.92. The number of hydrogen-bond acceptors (Lipinski definition) is 2. The van der Waals surface area contributed by atoms with Crippen molar-refractivity contribution in [2.45, 2.75) is 6.92 Å². The van der Waals surface area contributed by atoms with Crippen LogP contribution in [0.25, 0.3) is 11.0 Å². The fourth-order valence-corrected chi connectivity index (χ4v) is 1.52. The van der Waals surface area contributed by atoms with Crippen LogP contribution >= 0.6 is 23.2 Å². The first kappa shape index (κ1) is 8.73. The van der Waals surface area contributed by atoms with E-state index in [-0.39, 0.29) is 0 Å². The zero-order valence-electron chi connectivity index (χ0n) is 6.88. The maximum atomic E-state index is 5.94. The van der Waals surface area contributed by atoms with Gasteiger partial charge in [0.2, 0.25) is 0 Å². The predicted octanol–water partition coefficient (Wildman–Crippen LogP) is 3.25. The van der Waals surface area contributed by atoms with Gasteiger partial charge in [-0.25, -0.2) is 4.98 Å². The Morgan fingerprint density at radius 2 is 1.69 bits per heavy atom. The van der Waals surface area contributed by atoms with E-state index in [1.165, 1.54) is 0 Å². The molecular weight excluding hydrogens is 207 g/mol. The second-order valence-corrected chi connectivity index (χ2v) is 3.55. The Hall–Kier alpha value is -0.860. The summed E-state index contributed by atoms with van der Waals surface area (Å²) >= 11 is 11.9. The van der Waals surface area contributed by atoms with E-state index in [4.69, 9.17) is 23.2 Å². The van der Waals surface area contributed by atoms with E-state index in [9.17, 15) is 0 Å². The van der Waals surface area contributed by atoms with Gasteiger partial charge in [-0.2, -0.15) is 0 Å². The molecule has 2 nitrogen and oxygen atoms in total. The summed E-state index contributed by atoms with van der Waals surface area (Å²) in [4.78, 5) is 8.42. The zero-order chi connectivity index (χ0) is 9.42. The third kappa shape index (κ3) is 1.47. The van der Waals surface area contributed by atoms with Crippen LogP contribution in [-0.4, -0.2) is 9.97 Å². The molecule has 2 aromatic rings. The topological polar surface area (TPSA) is 25.8 Å². The van der Waals surface area contributed by atoms with Crippen LogP contribution in [0.2, 0.25) is 10.0 Å². The molecule has 1 aromatic heterocycles. The van der Waals surface area contributed by atoms with Gasteiger partial charge in [0.15, 0.2) is 0 Å². The van der Waals surface area contributed by atoms with Gasteiger partial charge in [0.1, 0.15) is 11.0 Å². The molecule has 0 aliphatic heterocycles. The number of aryl methyl sites for hydroxylation is 1. The zero-order valence-corrected chi connectivity index (χ0v) is 8.39. The average Bonchev–Trinajstić information content (AvgIpc) is 2.12. The first-order valence-electron chi connectivity index (χ1n) is 3.76. The first-order valence-corrected chi connectivity index (χ1v) is 4.51. The van der Waals surface area contributed by atoms with E-state index in [0.717, 1.165) is 5.69 Å². The van der Waals surface area contributed by atoms with Crippen molar-refractivity contribution in [3.05, 3.63) is 34.1 Å². The van der Waals surface area contributed by atoms with Gasteiger partial charge in [-0.15, -0.1) is 0 Å². The molecule has 0 bridgehead atoms. The lowest BCUT2D eigenvalue weighted by Crippen LogP contribution is -1.88. The number of fused-ring (bicyclic) bond motifs is 1. The number of benzene rings is 1. The largest absolute Gasteiger partial charge is 0.251 e. The Morgan fingerprint density at radius 1 is 1.08 bits per heavy atom. The molecule has 0 atom stereocenters. The van der Waals surface area contributed by atoms with Gasteiger partial charge >= 0.3 is 0 Å². The van der Waals surface area contributed by atoms with Crippen LogP contribution < -0.4 is 0 Å². The molecule has 0 saturated heterocycles. The highest BCUT2D eigenvalue weighted by atomic mass is 35.5. The highest BCUT2D eigenvalue weighted by Gasteiger charge is 2.05. The van der Waals surface area contributed by atoms with Crippen molar-refractivity contribution < 1.29 is 0 Å². The van der Waals surface area contributed by atoms with Crippen LogP contribution in [0.5, 0.6) is 0 Å². The van der Waals surface area contributed by atoms with Crippen molar-refractivity contribution in [2.24, 2.45) is 0 Å². The normalized spacial score (nSPS) is 10.7. The second-order valence-electron chi connectivity index (χ2n) is 2.74. The second kappa shape index (κ2) is 3.13. The molecule has 1 heterocycles. The fourth-order valence-electron chi connectivity index (χ4n) is 1.12. The minimum atomic E-state index is 0.576. The fraction of sp³-hybridized carbons (Fsp3) is 0.111. The molecule has 2 rings (SSSR count). The monoisotopic (exact) mass is 212 g/mol. The molecule has 1 aromatic carbocycles. The van der Waals surface area contributed by atoms with Crippen molar-refractivity contribution in [2.75, 3.05) is 0 Å². The molecule has 0 radical (unpaired) electrons.